The molecule has 0 aliphatic heterocycles. The predicted molar refractivity (Wildman–Crippen MR) is 76.9 cm³/mol. The highest BCUT2D eigenvalue weighted by molar-refractivity contribution is 5.94. The van der Waals surface area contributed by atoms with Crippen LogP contribution in [0.4, 0.5) is 5.69 Å². The van der Waals surface area contributed by atoms with E-state index in [1.54, 1.807) is 12.1 Å². The minimum atomic E-state index is -1.00. The molecule has 0 aromatic heterocycles. The van der Waals surface area contributed by atoms with Gasteiger partial charge in [-0.25, -0.2) is 4.79 Å². The molecule has 2 N–H and O–H groups in total. The van der Waals surface area contributed by atoms with E-state index in [9.17, 15) is 9.59 Å². The largest absolute Gasteiger partial charge is 0.478 e. The lowest BCUT2D eigenvalue weighted by molar-refractivity contribution is -0.119. The van der Waals surface area contributed by atoms with Crippen molar-refractivity contribution in [1.29, 1.82) is 0 Å². The molecule has 0 unspecified atom stereocenters. The second kappa shape index (κ2) is 7.65. The van der Waals surface area contributed by atoms with Crippen molar-refractivity contribution in [1.82, 2.24) is 0 Å². The summed E-state index contributed by atoms with van der Waals surface area (Å²) in [5, 5.41) is 17.9. The highest BCUT2D eigenvalue weighted by atomic mass is 16.4. The van der Waals surface area contributed by atoms with Gasteiger partial charge in [0, 0.05) is 18.7 Å². The molecule has 20 heavy (non-hydrogen) atoms. The minimum absolute atomic E-state index is 0.0594. The number of benzene rings is 1. The lowest BCUT2D eigenvalue weighted by atomic mass is 10.1. The maximum absolute atomic E-state index is 12.2. The number of carboxylic acid groups (broad SMARTS) is 1. The van der Waals surface area contributed by atoms with Crippen LogP contribution >= 0.6 is 0 Å². The van der Waals surface area contributed by atoms with Crippen molar-refractivity contribution < 1.29 is 19.8 Å². The van der Waals surface area contributed by atoms with Crippen molar-refractivity contribution in [3.05, 3.63) is 29.8 Å². The first kappa shape index (κ1) is 16.2. The first-order chi connectivity index (χ1) is 9.45. The third-order valence-electron chi connectivity index (χ3n) is 2.99. The van der Waals surface area contributed by atoms with Crippen LogP contribution in [0.3, 0.4) is 0 Å². The Kier molecular flexibility index (Phi) is 6.18. The van der Waals surface area contributed by atoms with E-state index in [1.807, 2.05) is 13.8 Å². The predicted octanol–water partition coefficient (Wildman–Crippen LogP) is 2.15. The molecule has 5 heteroatoms. The fourth-order valence-electron chi connectivity index (χ4n) is 1.83. The Morgan fingerprint density at radius 3 is 2.25 bits per heavy atom. The van der Waals surface area contributed by atoms with Crippen LogP contribution in [-0.2, 0) is 4.79 Å². The van der Waals surface area contributed by atoms with E-state index < -0.39 is 5.97 Å². The zero-order valence-corrected chi connectivity index (χ0v) is 11.9. The Labute approximate surface area is 118 Å². The number of aliphatic hydroxyl groups is 1. The summed E-state index contributed by atoms with van der Waals surface area (Å²) in [6, 6.07) is 6.09. The van der Waals surface area contributed by atoms with E-state index in [-0.39, 0.29) is 24.6 Å². The molecule has 0 heterocycles. The van der Waals surface area contributed by atoms with Gasteiger partial charge in [0.05, 0.1) is 12.2 Å². The number of carbonyl (C=O) groups excluding carboxylic acids is 1. The minimum Gasteiger partial charge on any atom is -0.478 e. The first-order valence-corrected chi connectivity index (χ1v) is 6.70. The maximum atomic E-state index is 12.2. The second-order valence-electron chi connectivity index (χ2n) is 5.05. The third-order valence-corrected chi connectivity index (χ3v) is 2.99. The van der Waals surface area contributed by atoms with Gasteiger partial charge in [-0.15, -0.1) is 0 Å². The summed E-state index contributed by atoms with van der Waals surface area (Å²) < 4.78 is 0. The normalized spacial score (nSPS) is 10.6. The van der Waals surface area contributed by atoms with E-state index in [0.29, 0.717) is 18.0 Å². The second-order valence-corrected chi connectivity index (χ2v) is 5.05. The molecule has 1 rings (SSSR count). The molecule has 0 aliphatic rings. The standard InChI is InChI=1S/C15H21NO4/c1-11(2)3-8-14(18)16(9-10-17)13-6-4-12(5-7-13)15(19)20/h4-7,11,17H,3,8-10H2,1-2H3,(H,19,20). The average molecular weight is 279 g/mol. The number of aliphatic hydroxyl groups excluding tert-OH is 1. The highest BCUT2D eigenvalue weighted by Gasteiger charge is 2.16. The third kappa shape index (κ3) is 4.66. The number of aromatic carboxylic acids is 1. The van der Waals surface area contributed by atoms with Crippen LogP contribution in [0.15, 0.2) is 24.3 Å². The molecular weight excluding hydrogens is 258 g/mol. The van der Waals surface area contributed by atoms with Gasteiger partial charge in [0.1, 0.15) is 0 Å². The number of hydrogen-bond acceptors (Lipinski definition) is 3. The zero-order valence-electron chi connectivity index (χ0n) is 11.9. The molecule has 0 saturated heterocycles. The molecule has 0 atom stereocenters. The van der Waals surface area contributed by atoms with Crippen molar-refractivity contribution in [2.45, 2.75) is 26.7 Å². The van der Waals surface area contributed by atoms with Gasteiger partial charge in [0.2, 0.25) is 5.91 Å². The summed E-state index contributed by atoms with van der Waals surface area (Å²) in [6.45, 7) is 4.17. The number of rotatable bonds is 7. The molecule has 5 nitrogen and oxygen atoms in total. The van der Waals surface area contributed by atoms with Crippen LogP contribution in [0, 0.1) is 5.92 Å². The Hall–Kier alpha value is -1.88. The number of hydrogen-bond donors (Lipinski definition) is 2. The molecule has 1 amide bonds. The van der Waals surface area contributed by atoms with Crippen LogP contribution in [0.2, 0.25) is 0 Å². The molecular formula is C15H21NO4. The molecule has 0 aliphatic carbocycles. The van der Waals surface area contributed by atoms with Crippen molar-refractivity contribution in [2.75, 3.05) is 18.1 Å². The number of carboxylic acids is 1. The van der Waals surface area contributed by atoms with Gasteiger partial charge < -0.3 is 15.1 Å². The Morgan fingerprint density at radius 1 is 1.20 bits per heavy atom. The average Bonchev–Trinajstić information content (AvgIpc) is 2.42. The number of carbonyl (C=O) groups is 2. The SMILES string of the molecule is CC(C)CCC(=O)N(CCO)c1ccc(C(=O)O)cc1. The van der Waals surface area contributed by atoms with Gasteiger partial charge in [-0.3, -0.25) is 4.79 Å². The molecule has 1 aromatic rings. The molecule has 110 valence electrons. The quantitative estimate of drug-likeness (QED) is 0.801. The van der Waals surface area contributed by atoms with Gasteiger partial charge >= 0.3 is 5.97 Å². The smallest absolute Gasteiger partial charge is 0.335 e. The summed E-state index contributed by atoms with van der Waals surface area (Å²) in [4.78, 5) is 24.4. The van der Waals surface area contributed by atoms with Gasteiger partial charge in [0.15, 0.2) is 0 Å². The fraction of sp³-hybridized carbons (Fsp3) is 0.467. The van der Waals surface area contributed by atoms with Crippen molar-refractivity contribution in [3.8, 4) is 0 Å². The van der Waals surface area contributed by atoms with Gasteiger partial charge in [0.25, 0.3) is 0 Å². The zero-order chi connectivity index (χ0) is 15.1. The summed E-state index contributed by atoms with van der Waals surface area (Å²) in [7, 11) is 0. The van der Waals surface area contributed by atoms with Gasteiger partial charge in [-0.1, -0.05) is 13.8 Å². The van der Waals surface area contributed by atoms with Gasteiger partial charge in [-0.05, 0) is 36.6 Å². The molecule has 0 spiro atoms. The van der Waals surface area contributed by atoms with E-state index in [0.717, 1.165) is 6.42 Å². The van der Waals surface area contributed by atoms with Crippen molar-refractivity contribution >= 4 is 17.6 Å². The Morgan fingerprint density at radius 2 is 1.80 bits per heavy atom. The van der Waals surface area contributed by atoms with Crippen LogP contribution in [0.5, 0.6) is 0 Å². The van der Waals surface area contributed by atoms with E-state index in [2.05, 4.69) is 0 Å². The monoisotopic (exact) mass is 279 g/mol. The summed E-state index contributed by atoms with van der Waals surface area (Å²) in [5.41, 5.74) is 0.783. The van der Waals surface area contributed by atoms with Crippen molar-refractivity contribution in [2.24, 2.45) is 5.92 Å². The van der Waals surface area contributed by atoms with Crippen LogP contribution in [0.1, 0.15) is 37.0 Å². The highest BCUT2D eigenvalue weighted by Crippen LogP contribution is 2.17. The van der Waals surface area contributed by atoms with Crippen LogP contribution < -0.4 is 4.90 Å². The topological polar surface area (TPSA) is 77.8 Å². The van der Waals surface area contributed by atoms with Gasteiger partial charge in [-0.2, -0.15) is 0 Å². The molecule has 0 radical (unpaired) electrons. The molecule has 0 bridgehead atoms. The lowest BCUT2D eigenvalue weighted by Crippen LogP contribution is -2.33. The number of amides is 1. The van der Waals surface area contributed by atoms with Crippen LogP contribution in [0.25, 0.3) is 0 Å². The maximum Gasteiger partial charge on any atom is 0.335 e. The Balaban J connectivity index is 2.84. The first-order valence-electron chi connectivity index (χ1n) is 6.70. The molecule has 1 aromatic carbocycles. The number of nitrogens with zero attached hydrogens (tertiary/aromatic N) is 1. The fourth-order valence-corrected chi connectivity index (χ4v) is 1.83. The van der Waals surface area contributed by atoms with E-state index in [4.69, 9.17) is 10.2 Å². The Bertz CT molecular complexity index is 453. The van der Waals surface area contributed by atoms with E-state index in [1.165, 1.54) is 17.0 Å². The summed E-state index contributed by atoms with van der Waals surface area (Å²) in [6.07, 6.45) is 1.20. The summed E-state index contributed by atoms with van der Waals surface area (Å²) >= 11 is 0. The van der Waals surface area contributed by atoms with Crippen molar-refractivity contribution in [3.63, 3.8) is 0 Å². The summed E-state index contributed by atoms with van der Waals surface area (Å²) in [5.74, 6) is -0.628. The molecule has 0 fully saturated rings. The van der Waals surface area contributed by atoms with E-state index >= 15 is 0 Å². The number of anilines is 1. The molecule has 0 saturated carbocycles. The van der Waals surface area contributed by atoms with Crippen LogP contribution in [-0.4, -0.2) is 35.2 Å². The lowest BCUT2D eigenvalue weighted by Gasteiger charge is -2.22.